The Morgan fingerprint density at radius 1 is 1.14 bits per heavy atom. The van der Waals surface area contributed by atoms with Crippen molar-refractivity contribution in [3.63, 3.8) is 0 Å². The SMILES string of the molecule is CC(C)c1ccc(OC(=O)Nc2ccc3c(c2)CCN3CCC(C)(C)C)cc1. The van der Waals surface area contributed by atoms with Crippen molar-refractivity contribution in [3.8, 4) is 5.75 Å². The second-order valence-corrected chi connectivity index (χ2v) is 9.13. The molecule has 0 saturated carbocycles. The third kappa shape index (κ3) is 5.28. The monoisotopic (exact) mass is 380 g/mol. The molecule has 1 aliphatic rings. The molecule has 28 heavy (non-hydrogen) atoms. The maximum Gasteiger partial charge on any atom is 0.417 e. The van der Waals surface area contributed by atoms with Crippen LogP contribution in [-0.2, 0) is 6.42 Å². The lowest BCUT2D eigenvalue weighted by Gasteiger charge is -2.25. The molecule has 4 heteroatoms. The van der Waals surface area contributed by atoms with Crippen LogP contribution in [0.25, 0.3) is 0 Å². The number of carbonyl (C=O) groups is 1. The Balaban J connectivity index is 1.59. The van der Waals surface area contributed by atoms with Crippen LogP contribution in [0.3, 0.4) is 0 Å². The summed E-state index contributed by atoms with van der Waals surface area (Å²) in [5.41, 5.74) is 4.91. The Morgan fingerprint density at radius 3 is 2.50 bits per heavy atom. The van der Waals surface area contributed by atoms with Crippen molar-refractivity contribution >= 4 is 17.5 Å². The quantitative estimate of drug-likeness (QED) is 0.669. The summed E-state index contributed by atoms with van der Waals surface area (Å²) in [6.07, 6.45) is 1.72. The minimum absolute atomic E-state index is 0.335. The molecule has 1 heterocycles. The Labute approximate surface area is 168 Å². The van der Waals surface area contributed by atoms with Crippen molar-refractivity contribution in [2.45, 2.75) is 53.4 Å². The molecule has 150 valence electrons. The standard InChI is InChI=1S/C24H32N2O2/c1-17(2)18-6-9-21(10-7-18)28-23(27)25-20-8-11-22-19(16-20)12-14-26(22)15-13-24(3,4)5/h6-11,16-17H,12-15H2,1-5H3,(H,25,27). The first kappa shape index (κ1) is 20.2. The van der Waals surface area contributed by atoms with Crippen molar-refractivity contribution < 1.29 is 9.53 Å². The minimum atomic E-state index is -0.458. The van der Waals surface area contributed by atoms with Gasteiger partial charge in [-0.05, 0) is 65.6 Å². The molecule has 0 bridgehead atoms. The Hall–Kier alpha value is -2.49. The third-order valence-electron chi connectivity index (χ3n) is 5.21. The molecule has 3 rings (SSSR count). The van der Waals surface area contributed by atoms with Crippen LogP contribution in [-0.4, -0.2) is 19.2 Å². The highest BCUT2D eigenvalue weighted by Gasteiger charge is 2.21. The fourth-order valence-corrected chi connectivity index (χ4v) is 3.42. The van der Waals surface area contributed by atoms with E-state index in [9.17, 15) is 4.79 Å². The molecule has 2 aromatic rings. The van der Waals surface area contributed by atoms with Crippen LogP contribution < -0.4 is 15.0 Å². The lowest BCUT2D eigenvalue weighted by atomic mass is 9.92. The van der Waals surface area contributed by atoms with Gasteiger partial charge in [0.25, 0.3) is 0 Å². The first-order valence-corrected chi connectivity index (χ1v) is 10.2. The molecule has 0 saturated heterocycles. The van der Waals surface area contributed by atoms with Crippen LogP contribution in [0.1, 0.15) is 58.1 Å². The van der Waals surface area contributed by atoms with Crippen LogP contribution in [0.2, 0.25) is 0 Å². The van der Waals surface area contributed by atoms with Crippen molar-refractivity contribution in [3.05, 3.63) is 53.6 Å². The van der Waals surface area contributed by atoms with E-state index in [0.717, 1.165) is 31.6 Å². The smallest absolute Gasteiger partial charge is 0.410 e. The summed E-state index contributed by atoms with van der Waals surface area (Å²) in [5.74, 6) is 1.01. The lowest BCUT2D eigenvalue weighted by molar-refractivity contribution is 0.215. The van der Waals surface area contributed by atoms with E-state index in [0.29, 0.717) is 17.1 Å². The molecule has 0 atom stereocenters. The number of nitrogens with one attached hydrogen (secondary N) is 1. The number of nitrogens with zero attached hydrogens (tertiary/aromatic N) is 1. The third-order valence-corrected chi connectivity index (χ3v) is 5.21. The number of ether oxygens (including phenoxy) is 1. The lowest BCUT2D eigenvalue weighted by Crippen LogP contribution is -2.25. The predicted molar refractivity (Wildman–Crippen MR) is 117 cm³/mol. The summed E-state index contributed by atoms with van der Waals surface area (Å²) in [6.45, 7) is 13.2. The van der Waals surface area contributed by atoms with Gasteiger partial charge in [0, 0.05) is 24.5 Å². The van der Waals surface area contributed by atoms with E-state index in [1.54, 1.807) is 0 Å². The summed E-state index contributed by atoms with van der Waals surface area (Å²) in [7, 11) is 0. The van der Waals surface area contributed by atoms with E-state index in [2.05, 4.69) is 57.0 Å². The summed E-state index contributed by atoms with van der Waals surface area (Å²) in [4.78, 5) is 14.7. The molecule has 2 aromatic carbocycles. The van der Waals surface area contributed by atoms with Gasteiger partial charge in [0.1, 0.15) is 5.75 Å². The van der Waals surface area contributed by atoms with Gasteiger partial charge in [0.15, 0.2) is 0 Å². The van der Waals surface area contributed by atoms with Crippen LogP contribution >= 0.6 is 0 Å². The van der Waals surface area contributed by atoms with Gasteiger partial charge in [-0.2, -0.15) is 0 Å². The number of fused-ring (bicyclic) bond motifs is 1. The highest BCUT2D eigenvalue weighted by molar-refractivity contribution is 5.87. The fourth-order valence-electron chi connectivity index (χ4n) is 3.42. The number of anilines is 2. The molecule has 0 aromatic heterocycles. The first-order valence-electron chi connectivity index (χ1n) is 10.2. The molecule has 0 fully saturated rings. The maximum absolute atomic E-state index is 12.2. The van der Waals surface area contributed by atoms with E-state index in [1.165, 1.54) is 16.8 Å². The zero-order chi connectivity index (χ0) is 20.3. The van der Waals surface area contributed by atoms with Gasteiger partial charge >= 0.3 is 6.09 Å². The molecule has 0 radical (unpaired) electrons. The highest BCUT2D eigenvalue weighted by atomic mass is 16.6. The summed E-state index contributed by atoms with van der Waals surface area (Å²) in [5, 5.41) is 2.85. The van der Waals surface area contributed by atoms with Gasteiger partial charge in [-0.15, -0.1) is 0 Å². The van der Waals surface area contributed by atoms with E-state index in [1.807, 2.05) is 30.3 Å². The van der Waals surface area contributed by atoms with Crippen LogP contribution in [0.4, 0.5) is 16.2 Å². The summed E-state index contributed by atoms with van der Waals surface area (Å²) in [6, 6.07) is 13.8. The second kappa shape index (κ2) is 8.26. The molecule has 1 amide bonds. The average Bonchev–Trinajstić information content (AvgIpc) is 3.02. The fraction of sp³-hybridized carbons (Fsp3) is 0.458. The number of benzene rings is 2. The first-order chi connectivity index (χ1) is 13.2. The van der Waals surface area contributed by atoms with Gasteiger partial charge in [-0.3, -0.25) is 5.32 Å². The molecule has 1 N–H and O–H groups in total. The molecule has 0 aliphatic carbocycles. The normalized spacial score (nSPS) is 13.6. The number of hydrogen-bond donors (Lipinski definition) is 1. The van der Waals surface area contributed by atoms with Crippen molar-refractivity contribution in [2.24, 2.45) is 5.41 Å². The van der Waals surface area contributed by atoms with Crippen molar-refractivity contribution in [2.75, 3.05) is 23.3 Å². The van der Waals surface area contributed by atoms with E-state index < -0.39 is 6.09 Å². The largest absolute Gasteiger partial charge is 0.417 e. The average molecular weight is 381 g/mol. The molecule has 4 nitrogen and oxygen atoms in total. The minimum Gasteiger partial charge on any atom is -0.410 e. The number of amides is 1. The predicted octanol–water partition coefficient (Wildman–Crippen LogP) is 6.22. The van der Waals surface area contributed by atoms with Crippen LogP contribution in [0.5, 0.6) is 5.75 Å². The summed E-state index contributed by atoms with van der Waals surface area (Å²) >= 11 is 0. The van der Waals surface area contributed by atoms with Gasteiger partial charge in [0.05, 0.1) is 0 Å². The Kier molecular flexibility index (Phi) is 5.97. The zero-order valence-electron chi connectivity index (χ0n) is 17.7. The highest BCUT2D eigenvalue weighted by Crippen LogP contribution is 2.32. The Bertz CT molecular complexity index is 819. The van der Waals surface area contributed by atoms with Crippen LogP contribution in [0.15, 0.2) is 42.5 Å². The van der Waals surface area contributed by atoms with E-state index >= 15 is 0 Å². The summed E-state index contributed by atoms with van der Waals surface area (Å²) < 4.78 is 5.41. The molecule has 0 spiro atoms. The van der Waals surface area contributed by atoms with Crippen molar-refractivity contribution in [1.82, 2.24) is 0 Å². The van der Waals surface area contributed by atoms with E-state index in [-0.39, 0.29) is 0 Å². The van der Waals surface area contributed by atoms with Crippen LogP contribution in [0, 0.1) is 5.41 Å². The molecular weight excluding hydrogens is 348 g/mol. The topological polar surface area (TPSA) is 41.6 Å². The van der Waals surface area contributed by atoms with Gasteiger partial charge in [0.2, 0.25) is 0 Å². The number of rotatable bonds is 5. The zero-order valence-corrected chi connectivity index (χ0v) is 17.7. The Morgan fingerprint density at radius 2 is 1.86 bits per heavy atom. The van der Waals surface area contributed by atoms with Gasteiger partial charge < -0.3 is 9.64 Å². The maximum atomic E-state index is 12.2. The van der Waals surface area contributed by atoms with Gasteiger partial charge in [-0.25, -0.2) is 4.79 Å². The molecule has 0 unspecified atom stereocenters. The van der Waals surface area contributed by atoms with E-state index in [4.69, 9.17) is 4.74 Å². The molecular formula is C24H32N2O2. The van der Waals surface area contributed by atoms with Crippen molar-refractivity contribution in [1.29, 1.82) is 0 Å². The molecule has 1 aliphatic heterocycles. The second-order valence-electron chi connectivity index (χ2n) is 9.13. The van der Waals surface area contributed by atoms with Gasteiger partial charge in [-0.1, -0.05) is 46.8 Å². The number of hydrogen-bond acceptors (Lipinski definition) is 3. The number of carbonyl (C=O) groups excluding carboxylic acids is 1.